The van der Waals surface area contributed by atoms with Crippen LogP contribution in [0.25, 0.3) is 22.3 Å². The molecule has 0 fully saturated rings. The fraction of sp³-hybridized carbons (Fsp3) is 0.318. The van der Waals surface area contributed by atoms with E-state index in [1.807, 2.05) is 13.8 Å². The lowest BCUT2D eigenvalue weighted by atomic mass is 9.98. The van der Waals surface area contributed by atoms with Crippen LogP contribution in [0, 0.1) is 0 Å². The topological polar surface area (TPSA) is 89.1 Å². The zero-order valence-corrected chi connectivity index (χ0v) is 16.2. The van der Waals surface area contributed by atoms with Gasteiger partial charge in [-0.15, -0.1) is 0 Å². The Kier molecular flexibility index (Phi) is 5.78. The molecule has 28 heavy (non-hydrogen) atoms. The molecule has 0 bridgehead atoms. The van der Waals surface area contributed by atoms with Crippen molar-refractivity contribution in [1.82, 2.24) is 0 Å². The second-order valence-electron chi connectivity index (χ2n) is 6.53. The molecule has 148 valence electrons. The molecule has 1 heterocycles. The third-order valence-corrected chi connectivity index (χ3v) is 4.49. The summed E-state index contributed by atoms with van der Waals surface area (Å²) >= 11 is 0. The normalized spacial score (nSPS) is 11.0. The lowest BCUT2D eigenvalue weighted by molar-refractivity contribution is 0.315. The molecular weight excluding hydrogens is 360 g/mol. The number of hydrogen-bond acceptors (Lipinski definition) is 6. The highest BCUT2D eigenvalue weighted by Crippen LogP contribution is 2.39. The van der Waals surface area contributed by atoms with Crippen LogP contribution in [0.3, 0.4) is 0 Å². The third-order valence-electron chi connectivity index (χ3n) is 4.49. The number of fused-ring (bicyclic) bond motifs is 1. The molecule has 3 rings (SSSR count). The predicted molar refractivity (Wildman–Crippen MR) is 108 cm³/mol. The molecule has 6 heteroatoms. The van der Waals surface area contributed by atoms with Gasteiger partial charge in [-0.2, -0.15) is 0 Å². The molecule has 0 amide bonds. The van der Waals surface area contributed by atoms with Crippen LogP contribution in [0.1, 0.15) is 32.3 Å². The van der Waals surface area contributed by atoms with E-state index in [-0.39, 0.29) is 27.9 Å². The lowest BCUT2D eigenvalue weighted by Crippen LogP contribution is -2.03. The first kappa shape index (κ1) is 19.6. The van der Waals surface area contributed by atoms with E-state index < -0.39 is 0 Å². The van der Waals surface area contributed by atoms with Gasteiger partial charge in [-0.1, -0.05) is 20.3 Å². The summed E-state index contributed by atoms with van der Waals surface area (Å²) in [5.74, 6) is 0.954. The second kappa shape index (κ2) is 8.25. The smallest absolute Gasteiger partial charge is 0.197 e. The van der Waals surface area contributed by atoms with Crippen LogP contribution in [-0.2, 0) is 6.42 Å². The van der Waals surface area contributed by atoms with Crippen molar-refractivity contribution in [3.63, 3.8) is 0 Å². The average Bonchev–Trinajstić information content (AvgIpc) is 2.67. The molecule has 1 aromatic heterocycles. The lowest BCUT2D eigenvalue weighted by Gasteiger charge is -2.14. The van der Waals surface area contributed by atoms with E-state index in [0.29, 0.717) is 41.4 Å². The number of phenolic OH excluding ortho intramolecular Hbond substituents is 2. The molecule has 0 aliphatic carbocycles. The molecule has 0 aliphatic rings. The van der Waals surface area contributed by atoms with Crippen molar-refractivity contribution < 1.29 is 24.1 Å². The van der Waals surface area contributed by atoms with Gasteiger partial charge >= 0.3 is 0 Å². The maximum Gasteiger partial charge on any atom is 0.197 e. The Morgan fingerprint density at radius 1 is 1.07 bits per heavy atom. The summed E-state index contributed by atoms with van der Waals surface area (Å²) in [4.78, 5) is 12.6. The van der Waals surface area contributed by atoms with Crippen LogP contribution >= 0.6 is 0 Å². The van der Waals surface area contributed by atoms with Crippen LogP contribution in [0.4, 0.5) is 0 Å². The van der Waals surface area contributed by atoms with Crippen molar-refractivity contribution in [3.05, 3.63) is 46.1 Å². The summed E-state index contributed by atoms with van der Waals surface area (Å²) in [6.07, 6.45) is 2.20. The molecule has 0 radical (unpaired) electrons. The third kappa shape index (κ3) is 3.63. The second-order valence-corrected chi connectivity index (χ2v) is 6.53. The van der Waals surface area contributed by atoms with Crippen molar-refractivity contribution in [2.24, 2.45) is 0 Å². The number of phenols is 2. The van der Waals surface area contributed by atoms with Gasteiger partial charge in [0.25, 0.3) is 0 Å². The van der Waals surface area contributed by atoms with E-state index in [9.17, 15) is 15.0 Å². The van der Waals surface area contributed by atoms with Gasteiger partial charge in [0.2, 0.25) is 0 Å². The minimum atomic E-state index is -0.367. The van der Waals surface area contributed by atoms with Crippen LogP contribution in [-0.4, -0.2) is 23.9 Å². The van der Waals surface area contributed by atoms with E-state index in [1.54, 1.807) is 18.2 Å². The summed E-state index contributed by atoms with van der Waals surface area (Å²) < 4.78 is 16.7. The number of rotatable bonds is 7. The number of aromatic hydroxyl groups is 2. The number of hydrogen-bond donors (Lipinski definition) is 2. The quantitative estimate of drug-likeness (QED) is 0.618. The number of methoxy groups -OCH3 is 1. The summed E-state index contributed by atoms with van der Waals surface area (Å²) in [5.41, 5.74) is 1.12. The number of benzene rings is 2. The van der Waals surface area contributed by atoms with Crippen molar-refractivity contribution in [1.29, 1.82) is 0 Å². The van der Waals surface area contributed by atoms with Gasteiger partial charge in [-0.25, -0.2) is 0 Å². The maximum atomic E-state index is 12.6. The summed E-state index contributed by atoms with van der Waals surface area (Å²) in [6, 6.07) is 7.72. The molecule has 0 saturated heterocycles. The molecule has 2 aromatic carbocycles. The van der Waals surface area contributed by atoms with Gasteiger partial charge in [-0.3, -0.25) is 4.79 Å². The zero-order chi connectivity index (χ0) is 20.3. The molecule has 0 atom stereocenters. The van der Waals surface area contributed by atoms with Gasteiger partial charge < -0.3 is 24.1 Å². The Morgan fingerprint density at radius 2 is 1.86 bits per heavy atom. The van der Waals surface area contributed by atoms with Crippen molar-refractivity contribution in [2.45, 2.75) is 33.1 Å². The molecule has 0 spiro atoms. The fourth-order valence-corrected chi connectivity index (χ4v) is 3.19. The van der Waals surface area contributed by atoms with E-state index in [0.717, 1.165) is 12.8 Å². The highest BCUT2D eigenvalue weighted by atomic mass is 16.5. The van der Waals surface area contributed by atoms with E-state index in [4.69, 9.17) is 13.9 Å². The molecular formula is C22H24O6. The van der Waals surface area contributed by atoms with Crippen LogP contribution in [0.2, 0.25) is 0 Å². The largest absolute Gasteiger partial charge is 0.507 e. The van der Waals surface area contributed by atoms with Crippen molar-refractivity contribution in [3.8, 4) is 34.3 Å². The first-order chi connectivity index (χ1) is 13.5. The molecule has 0 aliphatic heterocycles. The van der Waals surface area contributed by atoms with Gasteiger partial charge in [0.1, 0.15) is 28.2 Å². The summed E-state index contributed by atoms with van der Waals surface area (Å²) in [5, 5.41) is 20.9. The minimum absolute atomic E-state index is 0.0347. The highest BCUT2D eigenvalue weighted by molar-refractivity contribution is 5.86. The van der Waals surface area contributed by atoms with Gasteiger partial charge in [-0.05, 0) is 25.0 Å². The minimum Gasteiger partial charge on any atom is -0.507 e. The monoisotopic (exact) mass is 384 g/mol. The van der Waals surface area contributed by atoms with Gasteiger partial charge in [0, 0.05) is 29.3 Å². The van der Waals surface area contributed by atoms with Crippen molar-refractivity contribution >= 4 is 11.0 Å². The van der Waals surface area contributed by atoms with Crippen LogP contribution in [0.15, 0.2) is 39.5 Å². The zero-order valence-electron chi connectivity index (χ0n) is 16.2. The van der Waals surface area contributed by atoms with Crippen LogP contribution < -0.4 is 14.9 Å². The Bertz CT molecular complexity index is 1050. The highest BCUT2D eigenvalue weighted by Gasteiger charge is 2.18. The Morgan fingerprint density at radius 3 is 2.54 bits per heavy atom. The van der Waals surface area contributed by atoms with E-state index in [2.05, 4.69) is 0 Å². The van der Waals surface area contributed by atoms with Gasteiger partial charge in [0.05, 0.1) is 13.7 Å². The SMILES string of the molecule is CCCOc1cc(O)c2c(=O)cc(-c3ccc(OC)c(O)c3CCC)oc2c1. The van der Waals surface area contributed by atoms with E-state index >= 15 is 0 Å². The molecule has 2 N–H and O–H groups in total. The van der Waals surface area contributed by atoms with E-state index in [1.165, 1.54) is 19.2 Å². The molecule has 0 unspecified atom stereocenters. The summed E-state index contributed by atoms with van der Waals surface area (Å²) in [6.45, 7) is 4.46. The standard InChI is InChI=1S/C22H24O6/c1-4-6-15-14(7-8-18(26-3)22(15)25)19-12-17(24)21-16(23)10-13(27-9-5-2)11-20(21)28-19/h7-8,10-12,23,25H,4-6,9H2,1-3H3. The molecule has 6 nitrogen and oxygen atoms in total. The molecule has 3 aromatic rings. The Hall–Kier alpha value is -3.15. The average molecular weight is 384 g/mol. The number of ether oxygens (including phenoxy) is 2. The predicted octanol–water partition coefficient (Wildman–Crippen LogP) is 4.62. The first-order valence-corrected chi connectivity index (χ1v) is 9.33. The summed E-state index contributed by atoms with van der Waals surface area (Å²) in [7, 11) is 1.49. The molecule has 0 saturated carbocycles. The maximum absolute atomic E-state index is 12.6. The van der Waals surface area contributed by atoms with Crippen LogP contribution in [0.5, 0.6) is 23.0 Å². The van der Waals surface area contributed by atoms with Crippen molar-refractivity contribution in [2.75, 3.05) is 13.7 Å². The Balaban J connectivity index is 2.21. The Labute approximate surface area is 163 Å². The first-order valence-electron chi connectivity index (χ1n) is 9.33. The van der Waals surface area contributed by atoms with Gasteiger partial charge in [0.15, 0.2) is 16.9 Å². The fourth-order valence-electron chi connectivity index (χ4n) is 3.19.